The number of amides is 1. The summed E-state index contributed by atoms with van der Waals surface area (Å²) in [5.74, 6) is -0.345. The molecule has 11 heteroatoms. The normalized spacial score (nSPS) is 10.7. The van der Waals surface area contributed by atoms with E-state index in [0.717, 1.165) is 9.13 Å². The van der Waals surface area contributed by atoms with Crippen molar-refractivity contribution >= 4 is 41.1 Å². The van der Waals surface area contributed by atoms with Crippen molar-refractivity contribution in [3.05, 3.63) is 96.9 Å². The van der Waals surface area contributed by atoms with Crippen molar-refractivity contribution in [3.8, 4) is 28.1 Å². The van der Waals surface area contributed by atoms with Gasteiger partial charge in [-0.2, -0.15) is 0 Å². The maximum atomic E-state index is 12.9. The number of carbonyl (C=O) groups is 2. The molecule has 0 atom stereocenters. The molecule has 9 nitrogen and oxygen atoms in total. The number of halogens is 2. The lowest BCUT2D eigenvalue weighted by Gasteiger charge is -2.14. The Labute approximate surface area is 220 Å². The van der Waals surface area contributed by atoms with Gasteiger partial charge < -0.3 is 14.6 Å². The molecule has 0 radical (unpaired) electrons. The first-order valence-electron chi connectivity index (χ1n) is 10.8. The number of hydrogen-bond donors (Lipinski definition) is 1. The van der Waals surface area contributed by atoms with E-state index in [2.05, 4.69) is 10.3 Å². The zero-order chi connectivity index (χ0) is 26.9. The van der Waals surface area contributed by atoms with Gasteiger partial charge in [-0.1, -0.05) is 41.4 Å². The van der Waals surface area contributed by atoms with Crippen LogP contribution in [0.4, 0.5) is 5.69 Å². The lowest BCUT2D eigenvalue weighted by molar-refractivity contribution is 0.102. The van der Waals surface area contributed by atoms with Crippen LogP contribution in [0.5, 0.6) is 5.75 Å². The average molecular weight is 539 g/mol. The van der Waals surface area contributed by atoms with E-state index in [0.29, 0.717) is 45.0 Å². The number of ether oxygens (including phenoxy) is 1. The molecule has 0 aliphatic rings. The van der Waals surface area contributed by atoms with E-state index in [4.69, 9.17) is 27.9 Å². The molecule has 37 heavy (non-hydrogen) atoms. The van der Waals surface area contributed by atoms with Gasteiger partial charge in [0.15, 0.2) is 6.29 Å². The highest BCUT2D eigenvalue weighted by Crippen LogP contribution is 2.41. The number of anilines is 1. The SMILES string of the molecule is COc1cc(-c2nccc(-c3cccc(NC(=O)c4cn(C)c(=O)n(C)c4=O)c3Cl)c2Cl)ccc1C=O. The zero-order valence-corrected chi connectivity index (χ0v) is 21.4. The van der Waals surface area contributed by atoms with E-state index in [9.17, 15) is 19.2 Å². The van der Waals surface area contributed by atoms with E-state index in [1.807, 2.05) is 0 Å². The number of aromatic nitrogens is 3. The number of aryl methyl sites for hydroxylation is 1. The van der Waals surface area contributed by atoms with Gasteiger partial charge in [0.1, 0.15) is 11.3 Å². The second kappa shape index (κ2) is 10.4. The van der Waals surface area contributed by atoms with Crippen molar-refractivity contribution in [1.29, 1.82) is 0 Å². The fourth-order valence-electron chi connectivity index (χ4n) is 3.80. The molecular weight excluding hydrogens is 519 g/mol. The first-order valence-corrected chi connectivity index (χ1v) is 11.6. The summed E-state index contributed by atoms with van der Waals surface area (Å²) in [4.78, 5) is 52.9. The molecule has 4 aromatic rings. The van der Waals surface area contributed by atoms with Crippen LogP contribution in [0.3, 0.4) is 0 Å². The Kier molecular flexibility index (Phi) is 7.28. The molecule has 0 unspecified atom stereocenters. The van der Waals surface area contributed by atoms with E-state index >= 15 is 0 Å². The van der Waals surface area contributed by atoms with Crippen LogP contribution in [0.25, 0.3) is 22.4 Å². The number of aldehydes is 1. The van der Waals surface area contributed by atoms with Gasteiger partial charge in [-0.15, -0.1) is 0 Å². The minimum absolute atomic E-state index is 0.186. The van der Waals surface area contributed by atoms with Crippen LogP contribution < -0.4 is 21.3 Å². The Morgan fingerprint density at radius 1 is 1.05 bits per heavy atom. The van der Waals surface area contributed by atoms with Gasteiger partial charge in [0, 0.05) is 43.2 Å². The molecule has 0 bridgehead atoms. The van der Waals surface area contributed by atoms with Crippen molar-refractivity contribution < 1.29 is 14.3 Å². The lowest BCUT2D eigenvalue weighted by Crippen LogP contribution is -2.40. The zero-order valence-electron chi connectivity index (χ0n) is 19.9. The van der Waals surface area contributed by atoms with E-state index in [1.165, 1.54) is 27.4 Å². The summed E-state index contributed by atoms with van der Waals surface area (Å²) in [6, 6.07) is 11.6. The van der Waals surface area contributed by atoms with E-state index in [-0.39, 0.29) is 16.3 Å². The molecule has 2 heterocycles. The highest BCUT2D eigenvalue weighted by molar-refractivity contribution is 6.39. The van der Waals surface area contributed by atoms with Gasteiger partial charge in [0.25, 0.3) is 11.5 Å². The van der Waals surface area contributed by atoms with Crippen LogP contribution in [-0.2, 0) is 14.1 Å². The van der Waals surface area contributed by atoms with Crippen molar-refractivity contribution in [2.45, 2.75) is 0 Å². The monoisotopic (exact) mass is 538 g/mol. The first kappa shape index (κ1) is 25.9. The number of hydrogen-bond acceptors (Lipinski definition) is 6. The summed E-state index contributed by atoms with van der Waals surface area (Å²) in [6.45, 7) is 0. The third-order valence-electron chi connectivity index (χ3n) is 5.75. The van der Waals surface area contributed by atoms with Gasteiger partial charge in [-0.05, 0) is 24.3 Å². The van der Waals surface area contributed by atoms with Crippen molar-refractivity contribution in [3.63, 3.8) is 0 Å². The van der Waals surface area contributed by atoms with Crippen LogP contribution in [0, 0.1) is 0 Å². The molecule has 2 aromatic heterocycles. The molecule has 0 spiro atoms. The Morgan fingerprint density at radius 2 is 1.78 bits per heavy atom. The van der Waals surface area contributed by atoms with Gasteiger partial charge in [0.2, 0.25) is 0 Å². The highest BCUT2D eigenvalue weighted by Gasteiger charge is 2.19. The average Bonchev–Trinajstić information content (AvgIpc) is 2.90. The summed E-state index contributed by atoms with van der Waals surface area (Å²) >= 11 is 13.4. The third kappa shape index (κ3) is 4.78. The Morgan fingerprint density at radius 3 is 2.49 bits per heavy atom. The van der Waals surface area contributed by atoms with Crippen molar-refractivity contribution in [2.75, 3.05) is 12.4 Å². The maximum absolute atomic E-state index is 12.9. The molecule has 0 saturated carbocycles. The second-order valence-corrected chi connectivity index (χ2v) is 8.77. The molecule has 188 valence electrons. The molecule has 4 rings (SSSR count). The Hall–Kier alpha value is -4.21. The number of nitrogens with one attached hydrogen (secondary N) is 1. The number of carbonyl (C=O) groups excluding carboxylic acids is 2. The molecule has 1 N–H and O–H groups in total. The van der Waals surface area contributed by atoms with E-state index < -0.39 is 17.2 Å². The van der Waals surface area contributed by atoms with Crippen LogP contribution in [0.1, 0.15) is 20.7 Å². The van der Waals surface area contributed by atoms with Crippen molar-refractivity contribution in [2.24, 2.45) is 14.1 Å². The fourth-order valence-corrected chi connectivity index (χ4v) is 4.40. The third-order valence-corrected chi connectivity index (χ3v) is 6.54. The summed E-state index contributed by atoms with van der Waals surface area (Å²) in [5, 5.41) is 3.11. The van der Waals surface area contributed by atoms with E-state index in [1.54, 1.807) is 48.7 Å². The van der Waals surface area contributed by atoms with Gasteiger partial charge in [-0.25, -0.2) is 4.79 Å². The quantitative estimate of drug-likeness (QED) is 0.368. The lowest BCUT2D eigenvalue weighted by atomic mass is 10.0. The number of rotatable bonds is 6. The molecule has 0 aliphatic heterocycles. The number of pyridine rings is 1. The van der Waals surface area contributed by atoms with Gasteiger partial charge in [0.05, 0.1) is 34.1 Å². The van der Waals surface area contributed by atoms with Crippen LogP contribution >= 0.6 is 23.2 Å². The number of methoxy groups -OCH3 is 1. The predicted octanol–water partition coefficient (Wildman–Crippen LogP) is 4.19. The molecule has 0 saturated heterocycles. The topological polar surface area (TPSA) is 112 Å². The number of nitrogens with zero attached hydrogens (tertiary/aromatic N) is 3. The highest BCUT2D eigenvalue weighted by atomic mass is 35.5. The standard InChI is InChI=1S/C26H20Cl2N4O5/c1-31-12-18(25(35)32(2)26(31)36)24(34)30-19-6-4-5-16(21(19)27)17-9-10-29-23(22(17)28)14-7-8-15(13-33)20(11-14)37-3/h4-13H,1-3H3,(H,30,34). The summed E-state index contributed by atoms with van der Waals surface area (Å²) in [5.41, 5.74) is 1.25. The predicted molar refractivity (Wildman–Crippen MR) is 142 cm³/mol. The Balaban J connectivity index is 1.74. The molecule has 1 amide bonds. The minimum atomic E-state index is -0.731. The molecular formula is C26H20Cl2N4O5. The summed E-state index contributed by atoms with van der Waals surface area (Å²) in [7, 11) is 4.19. The largest absolute Gasteiger partial charge is 0.496 e. The van der Waals surface area contributed by atoms with Gasteiger partial charge in [-0.3, -0.25) is 23.9 Å². The summed E-state index contributed by atoms with van der Waals surface area (Å²) < 4.78 is 7.28. The first-order chi connectivity index (χ1) is 17.7. The molecule has 2 aromatic carbocycles. The Bertz CT molecular complexity index is 1680. The van der Waals surface area contributed by atoms with Crippen LogP contribution in [0.2, 0.25) is 10.0 Å². The summed E-state index contributed by atoms with van der Waals surface area (Å²) in [6.07, 6.45) is 3.43. The fraction of sp³-hybridized carbons (Fsp3) is 0.115. The molecule has 0 fully saturated rings. The minimum Gasteiger partial charge on any atom is -0.496 e. The maximum Gasteiger partial charge on any atom is 0.330 e. The number of benzene rings is 2. The van der Waals surface area contributed by atoms with Crippen LogP contribution in [0.15, 0.2) is 64.4 Å². The van der Waals surface area contributed by atoms with Crippen LogP contribution in [-0.4, -0.2) is 33.4 Å². The second-order valence-electron chi connectivity index (χ2n) is 8.02. The smallest absolute Gasteiger partial charge is 0.330 e. The van der Waals surface area contributed by atoms with Gasteiger partial charge >= 0.3 is 5.69 Å². The van der Waals surface area contributed by atoms with Crippen molar-refractivity contribution in [1.82, 2.24) is 14.1 Å². The molecule has 0 aliphatic carbocycles.